The van der Waals surface area contributed by atoms with Gasteiger partial charge in [0, 0.05) is 23.7 Å². The zero-order chi connectivity index (χ0) is 15.8. The van der Waals surface area contributed by atoms with Crippen LogP contribution in [0.2, 0.25) is 0 Å². The van der Waals surface area contributed by atoms with Crippen LogP contribution >= 0.6 is 24.2 Å². The molecule has 23 heavy (non-hydrogen) atoms. The second-order valence-electron chi connectivity index (χ2n) is 4.81. The molecule has 128 valence electrons. The first kappa shape index (κ1) is 19.6. The van der Waals surface area contributed by atoms with Gasteiger partial charge in [-0.05, 0) is 30.7 Å². The molecule has 0 spiro atoms. The number of ether oxygens (including phenoxy) is 2. The summed E-state index contributed by atoms with van der Waals surface area (Å²) in [5, 5.41) is 5.99. The number of hydrogen-bond acceptors (Lipinski definition) is 6. The molecule has 6 nitrogen and oxygen atoms in total. The number of rotatable bonds is 7. The molecule has 1 aliphatic rings. The van der Waals surface area contributed by atoms with E-state index in [0.717, 1.165) is 17.3 Å². The monoisotopic (exact) mass is 360 g/mol. The van der Waals surface area contributed by atoms with E-state index in [9.17, 15) is 9.59 Å². The van der Waals surface area contributed by atoms with E-state index in [4.69, 9.17) is 4.74 Å². The second kappa shape index (κ2) is 10.4. The van der Waals surface area contributed by atoms with Crippen LogP contribution in [0.15, 0.2) is 24.3 Å². The van der Waals surface area contributed by atoms with E-state index >= 15 is 0 Å². The maximum Gasteiger partial charge on any atom is 0.305 e. The molecule has 1 unspecified atom stereocenters. The van der Waals surface area contributed by atoms with E-state index in [-0.39, 0.29) is 30.3 Å². The van der Waals surface area contributed by atoms with Gasteiger partial charge in [0.1, 0.15) is 5.75 Å². The third-order valence-electron chi connectivity index (χ3n) is 3.18. The van der Waals surface area contributed by atoms with Gasteiger partial charge in [0.05, 0.1) is 19.8 Å². The zero-order valence-electron chi connectivity index (χ0n) is 12.9. The van der Waals surface area contributed by atoms with Crippen LogP contribution in [0.5, 0.6) is 5.75 Å². The number of anilines is 1. The van der Waals surface area contributed by atoms with Crippen molar-refractivity contribution < 1.29 is 19.1 Å². The third kappa shape index (κ3) is 6.68. The first-order valence-corrected chi connectivity index (χ1v) is 8.26. The second-order valence-corrected chi connectivity index (χ2v) is 5.84. The van der Waals surface area contributed by atoms with Gasteiger partial charge in [-0.3, -0.25) is 14.9 Å². The number of hydrogen-bond donors (Lipinski definition) is 2. The fraction of sp³-hybridized carbons (Fsp3) is 0.467. The van der Waals surface area contributed by atoms with Gasteiger partial charge in [-0.15, -0.1) is 24.2 Å². The minimum absolute atomic E-state index is 0. The molecule has 1 fully saturated rings. The number of carbonyl (C=O) groups is 2. The molecular formula is C15H21ClN2O4S. The maximum atomic E-state index is 11.9. The summed E-state index contributed by atoms with van der Waals surface area (Å²) in [7, 11) is 1.37. The Morgan fingerprint density at radius 2 is 2.09 bits per heavy atom. The number of halogens is 1. The van der Waals surface area contributed by atoms with Gasteiger partial charge in [-0.25, -0.2) is 0 Å². The van der Waals surface area contributed by atoms with Gasteiger partial charge in [0.25, 0.3) is 0 Å². The van der Waals surface area contributed by atoms with E-state index < -0.39 is 0 Å². The number of benzene rings is 1. The van der Waals surface area contributed by atoms with Crippen molar-refractivity contribution in [2.24, 2.45) is 0 Å². The van der Waals surface area contributed by atoms with Gasteiger partial charge in [0.15, 0.2) is 0 Å². The SMILES string of the molecule is COC(=O)CCCOc1ccc(NC(=O)C2CSCN2)cc1.Cl. The molecule has 1 atom stereocenters. The summed E-state index contributed by atoms with van der Waals surface area (Å²) in [5.41, 5.74) is 0.741. The standard InChI is InChI=1S/C15H20N2O4S.ClH/c1-20-14(18)3-2-8-21-12-6-4-11(5-7-12)17-15(19)13-9-22-10-16-13;/h4-7,13,16H,2-3,8-10H2,1H3,(H,17,19);1H. The summed E-state index contributed by atoms with van der Waals surface area (Å²) >= 11 is 1.71. The van der Waals surface area contributed by atoms with E-state index in [0.29, 0.717) is 25.2 Å². The third-order valence-corrected chi connectivity index (χ3v) is 4.12. The van der Waals surface area contributed by atoms with Crippen molar-refractivity contribution in [1.29, 1.82) is 0 Å². The highest BCUT2D eigenvalue weighted by molar-refractivity contribution is 7.99. The van der Waals surface area contributed by atoms with E-state index in [1.807, 2.05) is 0 Å². The van der Waals surface area contributed by atoms with Crippen molar-refractivity contribution in [2.45, 2.75) is 18.9 Å². The Bertz CT molecular complexity index is 507. The van der Waals surface area contributed by atoms with Crippen LogP contribution in [0.25, 0.3) is 0 Å². The van der Waals surface area contributed by atoms with Crippen molar-refractivity contribution in [3.8, 4) is 5.75 Å². The molecule has 0 saturated carbocycles. The molecule has 0 aliphatic carbocycles. The summed E-state index contributed by atoms with van der Waals surface area (Å²) in [6, 6.07) is 7.07. The van der Waals surface area contributed by atoms with Crippen LogP contribution in [0.3, 0.4) is 0 Å². The fourth-order valence-electron chi connectivity index (χ4n) is 1.94. The molecule has 1 aromatic carbocycles. The number of methoxy groups -OCH3 is 1. The molecule has 8 heteroatoms. The normalized spacial score (nSPS) is 16.3. The van der Waals surface area contributed by atoms with E-state index in [1.54, 1.807) is 36.0 Å². The Hall–Kier alpha value is -1.44. The highest BCUT2D eigenvalue weighted by Crippen LogP contribution is 2.17. The Labute approximate surface area is 146 Å². The first-order valence-electron chi connectivity index (χ1n) is 7.10. The number of nitrogens with one attached hydrogen (secondary N) is 2. The summed E-state index contributed by atoms with van der Waals surface area (Å²) in [5.74, 6) is 2.07. The lowest BCUT2D eigenvalue weighted by atomic mass is 10.2. The molecule has 1 amide bonds. The molecule has 0 radical (unpaired) electrons. The largest absolute Gasteiger partial charge is 0.494 e. The molecule has 1 heterocycles. The van der Waals surface area contributed by atoms with Gasteiger partial charge in [-0.2, -0.15) is 0 Å². The molecule has 0 aromatic heterocycles. The van der Waals surface area contributed by atoms with E-state index in [1.165, 1.54) is 7.11 Å². The Kier molecular flexibility index (Phi) is 8.83. The molecule has 0 bridgehead atoms. The van der Waals surface area contributed by atoms with Crippen molar-refractivity contribution in [1.82, 2.24) is 5.32 Å². The van der Waals surface area contributed by atoms with Gasteiger partial charge in [-0.1, -0.05) is 0 Å². The van der Waals surface area contributed by atoms with Crippen LogP contribution in [0.1, 0.15) is 12.8 Å². The number of esters is 1. The lowest BCUT2D eigenvalue weighted by Crippen LogP contribution is -2.37. The summed E-state index contributed by atoms with van der Waals surface area (Å²) in [4.78, 5) is 22.9. The maximum absolute atomic E-state index is 11.9. The van der Waals surface area contributed by atoms with Crippen molar-refractivity contribution in [3.05, 3.63) is 24.3 Å². The topological polar surface area (TPSA) is 76.7 Å². The number of thioether (sulfide) groups is 1. The average molecular weight is 361 g/mol. The smallest absolute Gasteiger partial charge is 0.305 e. The zero-order valence-corrected chi connectivity index (χ0v) is 14.5. The highest BCUT2D eigenvalue weighted by atomic mass is 35.5. The molecule has 2 rings (SSSR count). The lowest BCUT2D eigenvalue weighted by molar-refractivity contribution is -0.140. The fourth-order valence-corrected chi connectivity index (χ4v) is 2.88. The highest BCUT2D eigenvalue weighted by Gasteiger charge is 2.22. The average Bonchev–Trinajstić information content (AvgIpc) is 3.07. The summed E-state index contributed by atoms with van der Waals surface area (Å²) in [6.45, 7) is 0.448. The van der Waals surface area contributed by atoms with E-state index in [2.05, 4.69) is 15.4 Å². The lowest BCUT2D eigenvalue weighted by Gasteiger charge is -2.11. The van der Waals surface area contributed by atoms with Crippen LogP contribution in [-0.4, -0.2) is 43.3 Å². The predicted octanol–water partition coefficient (Wildman–Crippen LogP) is 2.04. The molecular weight excluding hydrogens is 340 g/mol. The Morgan fingerprint density at radius 1 is 1.35 bits per heavy atom. The molecule has 1 saturated heterocycles. The quantitative estimate of drug-likeness (QED) is 0.572. The minimum Gasteiger partial charge on any atom is -0.494 e. The van der Waals surface area contributed by atoms with Crippen LogP contribution in [-0.2, 0) is 14.3 Å². The molecule has 1 aliphatic heterocycles. The number of carbonyl (C=O) groups excluding carboxylic acids is 2. The van der Waals surface area contributed by atoms with Crippen molar-refractivity contribution in [2.75, 3.05) is 30.7 Å². The van der Waals surface area contributed by atoms with Crippen molar-refractivity contribution >= 4 is 41.7 Å². The van der Waals surface area contributed by atoms with Gasteiger partial charge in [0.2, 0.25) is 5.91 Å². The van der Waals surface area contributed by atoms with Crippen molar-refractivity contribution in [3.63, 3.8) is 0 Å². The Balaban J connectivity index is 0.00000264. The summed E-state index contributed by atoms with van der Waals surface area (Å²) < 4.78 is 10.1. The number of amides is 1. The van der Waals surface area contributed by atoms with Crippen LogP contribution in [0.4, 0.5) is 5.69 Å². The molecule has 1 aromatic rings. The van der Waals surface area contributed by atoms with Crippen LogP contribution in [0, 0.1) is 0 Å². The minimum atomic E-state index is -0.236. The predicted molar refractivity (Wildman–Crippen MR) is 93.3 cm³/mol. The summed E-state index contributed by atoms with van der Waals surface area (Å²) in [6.07, 6.45) is 0.952. The Morgan fingerprint density at radius 3 is 2.70 bits per heavy atom. The molecule has 2 N–H and O–H groups in total. The van der Waals surface area contributed by atoms with Gasteiger partial charge < -0.3 is 14.8 Å². The van der Waals surface area contributed by atoms with Gasteiger partial charge >= 0.3 is 5.97 Å². The van der Waals surface area contributed by atoms with Crippen LogP contribution < -0.4 is 15.4 Å². The first-order chi connectivity index (χ1) is 10.7.